The van der Waals surface area contributed by atoms with Crippen molar-refractivity contribution in [1.82, 2.24) is 0 Å². The van der Waals surface area contributed by atoms with E-state index in [1.807, 2.05) is 0 Å². The summed E-state index contributed by atoms with van der Waals surface area (Å²) in [5, 5.41) is 8.90. The maximum atomic E-state index is 12.6. The van der Waals surface area contributed by atoms with Crippen LogP contribution in [-0.2, 0) is 37.5 Å². The summed E-state index contributed by atoms with van der Waals surface area (Å²) >= 11 is 0. The zero-order chi connectivity index (χ0) is 42.8. The van der Waals surface area contributed by atoms with Crippen molar-refractivity contribution in [1.29, 1.82) is 0 Å². The molecule has 0 saturated carbocycles. The van der Waals surface area contributed by atoms with Crippen molar-refractivity contribution in [2.24, 2.45) is 5.73 Å². The lowest BCUT2D eigenvalue weighted by Crippen LogP contribution is -2.34. The normalized spacial score (nSPS) is 14.0. The second kappa shape index (κ2) is 41.4. The molecule has 0 spiro atoms. The minimum Gasteiger partial charge on any atom is -0.480 e. The van der Waals surface area contributed by atoms with Gasteiger partial charge in [0.2, 0.25) is 0 Å². The van der Waals surface area contributed by atoms with Crippen molar-refractivity contribution in [2.45, 2.75) is 219 Å². The number of phosphoric ester groups is 1. The molecule has 3 atom stereocenters. The zero-order valence-corrected chi connectivity index (χ0v) is 37.5. The van der Waals surface area contributed by atoms with E-state index >= 15 is 0 Å². The largest absolute Gasteiger partial charge is 0.480 e. The van der Waals surface area contributed by atoms with Crippen LogP contribution in [0.1, 0.15) is 206 Å². The summed E-state index contributed by atoms with van der Waals surface area (Å²) in [7, 11) is -4.72. The molecule has 0 aromatic rings. The predicted molar refractivity (Wildman–Crippen MR) is 235 cm³/mol. The third kappa shape index (κ3) is 40.5. The molecular formula is C46H84NO10P. The summed E-state index contributed by atoms with van der Waals surface area (Å²) in [6, 6.07) is -1.52. The van der Waals surface area contributed by atoms with Gasteiger partial charge in [-0.05, 0) is 51.4 Å². The first-order valence-electron chi connectivity index (χ1n) is 23.0. The quantitative estimate of drug-likeness (QED) is 0.0231. The molecule has 0 amide bonds. The Labute approximate surface area is 353 Å². The number of phosphoric acid groups is 1. The van der Waals surface area contributed by atoms with Gasteiger partial charge >= 0.3 is 25.7 Å². The van der Waals surface area contributed by atoms with Crippen molar-refractivity contribution < 1.29 is 47.5 Å². The number of carboxylic acids is 1. The van der Waals surface area contributed by atoms with E-state index in [1.165, 1.54) is 109 Å². The van der Waals surface area contributed by atoms with E-state index in [0.717, 1.165) is 57.8 Å². The van der Waals surface area contributed by atoms with Gasteiger partial charge in [0.05, 0.1) is 13.2 Å². The average Bonchev–Trinajstić information content (AvgIpc) is 3.20. The smallest absolute Gasteiger partial charge is 0.472 e. The lowest BCUT2D eigenvalue weighted by atomic mass is 10.0. The van der Waals surface area contributed by atoms with E-state index in [2.05, 4.69) is 54.8 Å². The molecule has 58 heavy (non-hydrogen) atoms. The minimum absolute atomic E-state index is 0.159. The molecule has 0 aromatic heterocycles. The molecule has 0 rings (SSSR count). The molecule has 1 unspecified atom stereocenters. The Balaban J connectivity index is 4.35. The van der Waals surface area contributed by atoms with Gasteiger partial charge in [0.1, 0.15) is 12.6 Å². The van der Waals surface area contributed by atoms with Gasteiger partial charge in [-0.25, -0.2) is 4.57 Å². The van der Waals surface area contributed by atoms with Crippen LogP contribution in [0.15, 0.2) is 36.5 Å². The number of rotatable bonds is 43. The van der Waals surface area contributed by atoms with Crippen molar-refractivity contribution in [3.8, 4) is 0 Å². The predicted octanol–water partition coefficient (Wildman–Crippen LogP) is 12.4. The number of allylic oxidation sites excluding steroid dienone is 6. The summed E-state index contributed by atoms with van der Waals surface area (Å²) in [5.41, 5.74) is 5.34. The fraction of sp³-hybridized carbons (Fsp3) is 0.804. The Morgan fingerprint density at radius 2 is 0.914 bits per heavy atom. The number of unbranched alkanes of at least 4 members (excludes halogenated alkanes) is 23. The molecule has 338 valence electrons. The van der Waals surface area contributed by atoms with E-state index in [-0.39, 0.29) is 19.4 Å². The van der Waals surface area contributed by atoms with E-state index < -0.39 is 51.1 Å². The van der Waals surface area contributed by atoms with E-state index in [0.29, 0.717) is 12.8 Å². The van der Waals surface area contributed by atoms with Crippen LogP contribution in [0.2, 0.25) is 0 Å². The maximum Gasteiger partial charge on any atom is 0.472 e. The number of ether oxygens (including phenoxy) is 2. The van der Waals surface area contributed by atoms with Gasteiger partial charge < -0.3 is 25.2 Å². The van der Waals surface area contributed by atoms with Gasteiger partial charge in [0, 0.05) is 12.8 Å². The van der Waals surface area contributed by atoms with E-state index in [1.54, 1.807) is 0 Å². The standard InChI is InChI=1S/C46H84NO10P/c1-3-5-7-9-11-13-15-17-19-21-23-25-27-29-31-33-35-37-44(48)54-39-42(40-55-58(52,53)56-41-43(47)46(50)51)57-45(49)38-36-34-32-30-28-26-24-22-20-18-16-14-12-10-8-6-4-2/h11,13,17,19,23,25,42-43H,3-10,12,14-16,18,20-22,24,26-41,47H2,1-2H3,(H,50,51)(H,52,53)/b13-11-,19-17-,25-23-/t42-,43+/m1/s1. The molecule has 0 heterocycles. The van der Waals surface area contributed by atoms with Gasteiger partial charge in [-0.3, -0.25) is 23.4 Å². The van der Waals surface area contributed by atoms with Crippen LogP contribution in [0.25, 0.3) is 0 Å². The first-order chi connectivity index (χ1) is 28.1. The fourth-order valence-corrected chi connectivity index (χ4v) is 7.03. The molecule has 0 bridgehead atoms. The number of esters is 2. The summed E-state index contributed by atoms with van der Waals surface area (Å²) in [6.45, 7) is 2.77. The number of hydrogen-bond acceptors (Lipinski definition) is 9. The van der Waals surface area contributed by atoms with Gasteiger partial charge in [-0.1, -0.05) is 179 Å². The molecule has 0 saturated heterocycles. The van der Waals surface area contributed by atoms with Gasteiger partial charge in [0.25, 0.3) is 0 Å². The Bertz CT molecular complexity index is 1130. The number of hydrogen-bond donors (Lipinski definition) is 3. The van der Waals surface area contributed by atoms with Crippen LogP contribution in [0, 0.1) is 0 Å². The molecule has 0 aliphatic carbocycles. The molecule has 0 aliphatic heterocycles. The van der Waals surface area contributed by atoms with Gasteiger partial charge in [-0.2, -0.15) is 0 Å². The summed E-state index contributed by atoms with van der Waals surface area (Å²) in [6.07, 6.45) is 44.9. The summed E-state index contributed by atoms with van der Waals surface area (Å²) in [4.78, 5) is 46.0. The third-order valence-electron chi connectivity index (χ3n) is 9.89. The molecule has 12 heteroatoms. The molecule has 0 aromatic carbocycles. The highest BCUT2D eigenvalue weighted by Gasteiger charge is 2.28. The monoisotopic (exact) mass is 842 g/mol. The van der Waals surface area contributed by atoms with Crippen LogP contribution in [-0.4, -0.2) is 59.9 Å². The first kappa shape index (κ1) is 55.7. The highest BCUT2D eigenvalue weighted by atomic mass is 31.2. The number of carboxylic acid groups (broad SMARTS) is 1. The number of carbonyl (C=O) groups excluding carboxylic acids is 2. The zero-order valence-electron chi connectivity index (χ0n) is 36.6. The Kier molecular flexibility index (Phi) is 39.8. The second-order valence-electron chi connectivity index (χ2n) is 15.5. The van der Waals surface area contributed by atoms with Crippen LogP contribution >= 0.6 is 7.82 Å². The topological polar surface area (TPSA) is 172 Å². The number of nitrogens with two attached hydrogens (primary N) is 1. The van der Waals surface area contributed by atoms with Crippen LogP contribution in [0.4, 0.5) is 0 Å². The van der Waals surface area contributed by atoms with Gasteiger partial charge in [-0.15, -0.1) is 0 Å². The van der Waals surface area contributed by atoms with Crippen LogP contribution in [0.5, 0.6) is 0 Å². The highest BCUT2D eigenvalue weighted by molar-refractivity contribution is 7.47. The number of aliphatic carboxylic acids is 1. The molecule has 0 radical (unpaired) electrons. The van der Waals surface area contributed by atoms with E-state index in [4.69, 9.17) is 24.8 Å². The molecule has 0 fully saturated rings. The second-order valence-corrected chi connectivity index (χ2v) is 17.0. The lowest BCUT2D eigenvalue weighted by Gasteiger charge is -2.20. The molecule has 0 aliphatic rings. The SMILES string of the molecule is CCCCC/C=C\C/C=C\C/C=C\CCCCCCC(=O)OC[C@H](COP(=O)(O)OC[C@H](N)C(=O)O)OC(=O)CCCCCCCCCCCCCCCCCCC. The van der Waals surface area contributed by atoms with E-state index in [9.17, 15) is 23.8 Å². The lowest BCUT2D eigenvalue weighted by molar-refractivity contribution is -0.161. The maximum absolute atomic E-state index is 12.6. The minimum atomic E-state index is -4.72. The number of carbonyl (C=O) groups is 3. The summed E-state index contributed by atoms with van der Waals surface area (Å²) < 4.78 is 32.7. The van der Waals surface area contributed by atoms with Crippen molar-refractivity contribution in [3.05, 3.63) is 36.5 Å². The molecular weight excluding hydrogens is 757 g/mol. The summed E-state index contributed by atoms with van der Waals surface area (Å²) in [5.74, 6) is -2.40. The highest BCUT2D eigenvalue weighted by Crippen LogP contribution is 2.43. The molecule has 4 N–H and O–H groups in total. The molecule has 11 nitrogen and oxygen atoms in total. The third-order valence-corrected chi connectivity index (χ3v) is 10.8. The fourth-order valence-electron chi connectivity index (χ4n) is 6.25. The first-order valence-corrected chi connectivity index (χ1v) is 24.5. The van der Waals surface area contributed by atoms with Gasteiger partial charge in [0.15, 0.2) is 6.10 Å². The van der Waals surface area contributed by atoms with Crippen molar-refractivity contribution >= 4 is 25.7 Å². The Morgan fingerprint density at radius 1 is 0.534 bits per heavy atom. The Hall–Kier alpha value is -2.30. The van der Waals surface area contributed by atoms with Crippen molar-refractivity contribution in [2.75, 3.05) is 19.8 Å². The van der Waals surface area contributed by atoms with Crippen LogP contribution in [0.3, 0.4) is 0 Å². The van der Waals surface area contributed by atoms with Crippen molar-refractivity contribution in [3.63, 3.8) is 0 Å². The van der Waals surface area contributed by atoms with Crippen LogP contribution < -0.4 is 5.73 Å². The average molecular weight is 842 g/mol. The Morgan fingerprint density at radius 3 is 1.40 bits per heavy atom.